The molecular weight excluding hydrogens is 1730 g/mol. The number of aliphatic carboxylic acids is 1. The largest absolute Gasteiger partial charge is 0.548 e. The summed E-state index contributed by atoms with van der Waals surface area (Å²) >= 11 is 20.6. The van der Waals surface area contributed by atoms with Crippen molar-refractivity contribution >= 4 is 82.1 Å². The summed E-state index contributed by atoms with van der Waals surface area (Å²) in [6.07, 6.45) is -15.0. The number of aliphatic hydroxyl groups is 5. The second-order valence-electron chi connectivity index (χ2n) is 33.7. The molecule has 2 unspecified atom stereocenters. The lowest BCUT2D eigenvalue weighted by atomic mass is 9.84. The number of halogens is 3. The van der Waals surface area contributed by atoms with Crippen molar-refractivity contribution in [1.82, 2.24) is 47.9 Å². The summed E-state index contributed by atoms with van der Waals surface area (Å²) in [6.45, 7) is 7.50. The monoisotopic (exact) mass is 1830 g/mol. The van der Waals surface area contributed by atoms with E-state index in [-0.39, 0.29) is 97.0 Å². The minimum atomic E-state index is -2.42. The highest BCUT2D eigenvalue weighted by atomic mass is 35.5. The maximum absolute atomic E-state index is 16.5. The Balaban J connectivity index is 1.01. The average molecular weight is 1840 g/mol. The van der Waals surface area contributed by atoms with E-state index in [0.717, 1.165) is 65.7 Å². The number of likely N-dealkylation sites (N-methyl/N-ethyl adjacent to an activating group) is 2. The molecule has 14 rings (SSSR count). The van der Waals surface area contributed by atoms with Gasteiger partial charge in [-0.2, -0.15) is 0 Å². The van der Waals surface area contributed by atoms with E-state index in [9.17, 15) is 60.3 Å². The van der Waals surface area contributed by atoms with Gasteiger partial charge in [0.15, 0.2) is 23.9 Å². The molecular formula is C89H106Cl3N11O25. The first kappa shape index (κ1) is 96.5. The van der Waals surface area contributed by atoms with Gasteiger partial charge in [0.25, 0.3) is 0 Å². The molecule has 7 aromatic carbocycles. The van der Waals surface area contributed by atoms with Crippen LogP contribution in [0.4, 0.5) is 0 Å². The number of carbonyl (C=O) groups excluding carboxylic acids is 8. The van der Waals surface area contributed by atoms with Crippen molar-refractivity contribution < 1.29 is 127 Å². The smallest absolute Gasteiger partial charge is 0.248 e. The van der Waals surface area contributed by atoms with Gasteiger partial charge in [-0.05, 0) is 144 Å². The number of rotatable bonds is 28. The van der Waals surface area contributed by atoms with Crippen LogP contribution in [0.3, 0.4) is 0 Å². The number of fused-ring (bicyclic) bond motifs is 15. The maximum Gasteiger partial charge on any atom is 0.248 e. The van der Waals surface area contributed by atoms with E-state index in [0.29, 0.717) is 16.1 Å². The molecule has 7 heterocycles. The summed E-state index contributed by atoms with van der Waals surface area (Å²) in [5.41, 5.74) is 4.11. The van der Waals surface area contributed by atoms with Crippen molar-refractivity contribution in [2.75, 3.05) is 80.9 Å². The molecule has 0 spiro atoms. The molecule has 17 atom stereocenters. The van der Waals surface area contributed by atoms with Crippen LogP contribution < -0.4 is 72.9 Å². The number of benzene rings is 7. The number of ether oxygens (including phenoxy) is 8. The van der Waals surface area contributed by atoms with Crippen LogP contribution in [0.1, 0.15) is 116 Å². The number of quaternary nitrogens is 1. The summed E-state index contributed by atoms with van der Waals surface area (Å²) in [7, 11) is 7.55. The number of nitrogens with one attached hydrogen (secondary N) is 9. The molecule has 2 fully saturated rings. The third kappa shape index (κ3) is 23.0. The predicted molar refractivity (Wildman–Crippen MR) is 461 cm³/mol. The van der Waals surface area contributed by atoms with Crippen molar-refractivity contribution in [3.63, 3.8) is 0 Å². The van der Waals surface area contributed by atoms with Gasteiger partial charge in [-0.1, -0.05) is 103 Å². The number of phenolic OH excluding ortho intramolecular Hbond substituents is 3. The van der Waals surface area contributed by atoms with Crippen molar-refractivity contribution in [3.8, 4) is 68.2 Å². The van der Waals surface area contributed by atoms with Crippen LogP contribution in [-0.4, -0.2) is 246 Å². The van der Waals surface area contributed by atoms with Crippen LogP contribution in [0.15, 0.2) is 121 Å². The van der Waals surface area contributed by atoms with Gasteiger partial charge in [0, 0.05) is 47.7 Å². The Morgan fingerprint density at radius 3 is 1.91 bits per heavy atom. The van der Waals surface area contributed by atoms with E-state index >= 15 is 24.0 Å². The molecule has 39 heteroatoms. The number of carboxylic acid groups (broad SMARTS) is 1. The number of hydrogen-bond acceptors (Lipinski definition) is 28. The molecule has 128 heavy (non-hydrogen) atoms. The summed E-state index contributed by atoms with van der Waals surface area (Å²) < 4.78 is 52.0. The number of primary amides is 1. The first-order chi connectivity index (χ1) is 60.8. The molecule has 0 aliphatic carbocycles. The molecule has 688 valence electrons. The Morgan fingerprint density at radius 1 is 0.688 bits per heavy atom. The summed E-state index contributed by atoms with van der Waals surface area (Å²) in [4.78, 5) is 120. The molecule has 7 aliphatic heterocycles. The lowest BCUT2D eigenvalue weighted by Gasteiger charge is -2.48. The minimum absolute atomic E-state index is 0.0940. The maximum atomic E-state index is 16.5. The lowest BCUT2D eigenvalue weighted by molar-refractivity contribution is -0.870. The zero-order valence-electron chi connectivity index (χ0n) is 71.2. The van der Waals surface area contributed by atoms with Gasteiger partial charge in [-0.3, -0.25) is 33.6 Å². The van der Waals surface area contributed by atoms with Gasteiger partial charge in [0.1, 0.15) is 96.0 Å². The Hall–Kier alpha value is -10.6. The standard InChI is InChI=1S/C89H106Cl3N11O25/c1-42(2)29-57(94-5)82(113)101-73-75(108)48-16-21-61(55(91)31-48)125-63-33-50-34-64(79(63)127-66-41-123-65(40-104)78(111)80(66)128-68-37-89(4,81(112)43(3)124-68)96-38-44-9-11-45(12-10-44)46-13-18-51(90)19-14-46)126-62-22-17-49(32-56(62)92)76(109)74-87(118)100-72(88(119)120)53-35-60(106)54(39-95-23-25-121-27-28-122-26-24-103(6,7)8)77(110)69(53)52-30-47(15-20-59(52)105)70(84(115)102-74)99-85(116)71(50)98-83(114)58(36-67(93)107)97-86(73)117/h9-22,30-35,42-43,57-58,65-66,68,70-76,78,80-81,94-96,104,108-109,111-112H,23-29,36-41H2,1-8H3,(H11-,93,97,98,99,100,101,102,105,106,107,110,113,114,115,116,117,118,119,120)/t43-,57+,58-,65+,66-,68?,70+,71+,72-,73+,74-,75+,76?,78-,80+,81+,89-/m0/s1. The predicted octanol–water partition coefficient (Wildman–Crippen LogP) is 3.43. The van der Waals surface area contributed by atoms with Gasteiger partial charge in [0.2, 0.25) is 47.1 Å². The van der Waals surface area contributed by atoms with Crippen LogP contribution in [0.2, 0.25) is 15.1 Å². The lowest BCUT2D eigenvalue weighted by Crippen LogP contribution is -2.64. The Labute approximate surface area is 751 Å². The Kier molecular flexibility index (Phi) is 31.6. The number of phenols is 3. The topological polar surface area (TPSA) is 530 Å². The molecule has 7 aliphatic rings. The number of aromatic hydroxyl groups is 3. The van der Waals surface area contributed by atoms with Crippen molar-refractivity contribution in [2.45, 2.75) is 163 Å². The van der Waals surface area contributed by atoms with Crippen LogP contribution >= 0.6 is 34.8 Å². The normalized spacial score (nSPS) is 25.3. The number of amides is 7. The first-order valence-corrected chi connectivity index (χ1v) is 42.7. The molecule has 0 saturated carbocycles. The van der Waals surface area contributed by atoms with Crippen molar-refractivity contribution in [3.05, 3.63) is 175 Å². The number of nitrogens with two attached hydrogens (primary N) is 1. The zero-order valence-corrected chi connectivity index (χ0v) is 73.5. The van der Waals surface area contributed by atoms with E-state index in [4.69, 9.17) is 78.4 Å². The summed E-state index contributed by atoms with van der Waals surface area (Å²) in [6, 6.07) is 13.9. The highest BCUT2D eigenvalue weighted by molar-refractivity contribution is 6.32. The molecule has 19 N–H and O–H groups in total. The van der Waals surface area contributed by atoms with Gasteiger partial charge < -0.3 is 147 Å². The number of nitrogens with zero attached hydrogens (tertiary/aromatic N) is 1. The summed E-state index contributed by atoms with van der Waals surface area (Å²) in [5.74, 6) is -15.9. The van der Waals surface area contributed by atoms with E-state index in [2.05, 4.69) is 47.9 Å². The summed E-state index contributed by atoms with van der Waals surface area (Å²) in [5, 5.41) is 134. The highest BCUT2D eigenvalue weighted by Gasteiger charge is 2.50. The second kappa shape index (κ2) is 41.9. The average Bonchev–Trinajstić information content (AvgIpc) is 0.753. The molecule has 7 amide bonds. The van der Waals surface area contributed by atoms with E-state index in [1.165, 1.54) is 37.4 Å². The van der Waals surface area contributed by atoms with Gasteiger partial charge in [-0.15, -0.1) is 0 Å². The fourth-order valence-electron chi connectivity index (χ4n) is 15.7. The van der Waals surface area contributed by atoms with Crippen molar-refractivity contribution in [1.29, 1.82) is 0 Å². The van der Waals surface area contributed by atoms with Crippen LogP contribution in [0, 0.1) is 5.92 Å². The Morgan fingerprint density at radius 2 is 1.30 bits per heavy atom. The fourth-order valence-corrected chi connectivity index (χ4v) is 16.2. The SMILES string of the molecule is CN[C@H](CC(C)C)C(=O)N[C@H]1C(=O)N[C@@H](CC(N)=O)C(=O)N[C@H]2C(=O)N[C@H]3C(=O)N[C@H](C(=O)N[C@H](C(=O)[O-])c4cc(O)c(CNCCOCCOCC[N+](C)(C)C)c(O)c4-c4cc3ccc4O)C(O)c3ccc(c(Cl)c3)Oc3cc2cc(c3O[C@H]2CO[C@H](CO)[C@H](O)[C@@H]2OC2C[C@](C)(NCc3ccc(-c4ccc(Cl)cc4)cc3)[C@H](O)[C@H](C)O2)Oc2ccc(cc2Cl)[C@H]1O. The van der Waals surface area contributed by atoms with Gasteiger partial charge in [-0.25, -0.2) is 0 Å². The van der Waals surface area contributed by atoms with E-state index in [1.54, 1.807) is 26.0 Å². The first-order valence-electron chi connectivity index (χ1n) is 41.5. The number of carbonyl (C=O) groups is 8. The second-order valence-corrected chi connectivity index (χ2v) is 35.0. The van der Waals surface area contributed by atoms with Crippen LogP contribution in [0.25, 0.3) is 22.3 Å². The third-order valence-corrected chi connectivity index (χ3v) is 23.6. The quantitative estimate of drug-likeness (QED) is 0.0247. The number of aliphatic hydroxyl groups excluding tert-OH is 5. The number of hydrogen-bond donors (Lipinski definition) is 18. The molecule has 36 nitrogen and oxygen atoms in total. The molecule has 0 aromatic heterocycles. The van der Waals surface area contributed by atoms with Gasteiger partial charge >= 0.3 is 0 Å². The van der Waals surface area contributed by atoms with Gasteiger partial charge in [0.05, 0.1) is 113 Å². The minimum Gasteiger partial charge on any atom is -0.548 e. The zero-order chi connectivity index (χ0) is 92.5. The Bertz CT molecular complexity index is 5230. The van der Waals surface area contributed by atoms with Crippen LogP contribution in [-0.2, 0) is 75.1 Å². The highest BCUT2D eigenvalue weighted by Crippen LogP contribution is 2.51. The third-order valence-electron chi connectivity index (χ3n) is 22.8. The van der Waals surface area contributed by atoms with Crippen molar-refractivity contribution in [2.24, 2.45) is 11.7 Å². The molecule has 7 aromatic rings. The molecule has 2 saturated heterocycles. The fraction of sp³-hybridized carbons (Fsp3) is 0.438. The molecule has 11 bridgehead atoms. The van der Waals surface area contributed by atoms with E-state index in [1.807, 2.05) is 71.4 Å². The van der Waals surface area contributed by atoms with E-state index < -0.39 is 232 Å². The number of carboxylic acids is 1. The van der Waals surface area contributed by atoms with Crippen LogP contribution in [0.5, 0.6) is 46.0 Å². The molecule has 0 radical (unpaired) electrons.